The summed E-state index contributed by atoms with van der Waals surface area (Å²) in [5.41, 5.74) is 0. The molecule has 16 heavy (non-hydrogen) atoms. The van der Waals surface area contributed by atoms with Gasteiger partial charge in [0.25, 0.3) is 5.91 Å². The van der Waals surface area contributed by atoms with Gasteiger partial charge in [0.05, 0.1) is 6.20 Å². The first-order chi connectivity index (χ1) is 7.67. The monoisotopic (exact) mass is 226 g/mol. The van der Waals surface area contributed by atoms with E-state index in [-0.39, 0.29) is 12.5 Å². The Balaban J connectivity index is 2.45. The maximum Gasteiger partial charge on any atom is 0.260 e. The largest absolute Gasteiger partial charge is 0.482 e. The molecule has 0 aliphatic heterocycles. The second-order valence-electron chi connectivity index (χ2n) is 3.17. The highest BCUT2D eigenvalue weighted by atomic mass is 19.1. The summed E-state index contributed by atoms with van der Waals surface area (Å²) in [5.74, 6) is -0.265. The normalized spacial score (nSPS) is 9.94. The number of likely N-dealkylation sites (N-methyl/N-ethyl adjacent to an activating group) is 1. The van der Waals surface area contributed by atoms with Gasteiger partial charge in [-0.1, -0.05) is 0 Å². The molecule has 4 nitrogen and oxygen atoms in total. The van der Waals surface area contributed by atoms with Crippen LogP contribution in [0.4, 0.5) is 4.39 Å². The third-order valence-corrected chi connectivity index (χ3v) is 2.18. The van der Waals surface area contributed by atoms with E-state index in [1.54, 1.807) is 4.90 Å². The highest BCUT2D eigenvalue weighted by molar-refractivity contribution is 5.77. The molecule has 0 spiro atoms. The van der Waals surface area contributed by atoms with Crippen molar-refractivity contribution in [3.63, 3.8) is 0 Å². The van der Waals surface area contributed by atoms with Crippen LogP contribution in [-0.2, 0) is 4.79 Å². The topological polar surface area (TPSA) is 42.4 Å². The number of rotatable bonds is 5. The van der Waals surface area contributed by atoms with E-state index in [4.69, 9.17) is 4.74 Å². The van der Waals surface area contributed by atoms with E-state index < -0.39 is 5.95 Å². The molecule has 1 heterocycles. The van der Waals surface area contributed by atoms with E-state index in [9.17, 15) is 9.18 Å². The van der Waals surface area contributed by atoms with E-state index in [0.29, 0.717) is 18.8 Å². The summed E-state index contributed by atoms with van der Waals surface area (Å²) in [6, 6.07) is 2.63. The zero-order valence-corrected chi connectivity index (χ0v) is 9.44. The van der Waals surface area contributed by atoms with Crippen molar-refractivity contribution in [3.05, 3.63) is 24.3 Å². The lowest BCUT2D eigenvalue weighted by Gasteiger charge is -2.18. The fraction of sp³-hybridized carbons (Fsp3) is 0.455. The van der Waals surface area contributed by atoms with Gasteiger partial charge in [0.15, 0.2) is 6.61 Å². The summed E-state index contributed by atoms with van der Waals surface area (Å²) in [5, 5.41) is 0. The zero-order valence-electron chi connectivity index (χ0n) is 9.44. The van der Waals surface area contributed by atoms with Crippen LogP contribution in [0, 0.1) is 5.95 Å². The first kappa shape index (κ1) is 12.4. The van der Waals surface area contributed by atoms with E-state index >= 15 is 0 Å². The van der Waals surface area contributed by atoms with Gasteiger partial charge in [-0.25, -0.2) is 4.98 Å². The van der Waals surface area contributed by atoms with Crippen LogP contribution in [-0.4, -0.2) is 35.5 Å². The molecule has 0 bridgehead atoms. The van der Waals surface area contributed by atoms with Gasteiger partial charge in [-0.2, -0.15) is 4.39 Å². The minimum absolute atomic E-state index is 0.0466. The smallest absolute Gasteiger partial charge is 0.260 e. The fourth-order valence-electron chi connectivity index (χ4n) is 1.26. The number of hydrogen-bond acceptors (Lipinski definition) is 3. The molecule has 1 aromatic heterocycles. The van der Waals surface area contributed by atoms with Crippen LogP contribution in [0.3, 0.4) is 0 Å². The second-order valence-corrected chi connectivity index (χ2v) is 3.17. The molecule has 1 aromatic rings. The van der Waals surface area contributed by atoms with Crippen LogP contribution in [0.15, 0.2) is 18.3 Å². The van der Waals surface area contributed by atoms with Gasteiger partial charge < -0.3 is 9.64 Å². The van der Waals surface area contributed by atoms with Gasteiger partial charge in [-0.3, -0.25) is 4.79 Å². The van der Waals surface area contributed by atoms with Crippen LogP contribution in [0.2, 0.25) is 0 Å². The number of nitrogens with zero attached hydrogens (tertiary/aromatic N) is 2. The van der Waals surface area contributed by atoms with Crippen LogP contribution in [0.1, 0.15) is 13.8 Å². The first-order valence-electron chi connectivity index (χ1n) is 5.19. The molecule has 0 radical (unpaired) electrons. The number of halogens is 1. The highest BCUT2D eigenvalue weighted by Crippen LogP contribution is 2.08. The molecule has 0 fully saturated rings. The van der Waals surface area contributed by atoms with Crippen molar-refractivity contribution >= 4 is 5.91 Å². The Labute approximate surface area is 94.0 Å². The average Bonchev–Trinajstić information content (AvgIpc) is 2.30. The Bertz CT molecular complexity index is 336. The van der Waals surface area contributed by atoms with E-state index in [2.05, 4.69) is 4.98 Å². The molecule has 1 amide bonds. The van der Waals surface area contributed by atoms with Gasteiger partial charge >= 0.3 is 0 Å². The average molecular weight is 226 g/mol. The molecule has 0 aromatic carbocycles. The number of amides is 1. The van der Waals surface area contributed by atoms with E-state index in [1.807, 2.05) is 13.8 Å². The van der Waals surface area contributed by atoms with Gasteiger partial charge in [-0.05, 0) is 26.0 Å². The molecular formula is C11H15FN2O2. The van der Waals surface area contributed by atoms with Gasteiger partial charge in [0.1, 0.15) is 5.75 Å². The SMILES string of the molecule is CCN(CC)C(=O)COc1ccc(F)nc1. The van der Waals surface area contributed by atoms with Crippen LogP contribution in [0.5, 0.6) is 5.75 Å². The molecule has 0 aliphatic carbocycles. The number of ether oxygens (including phenoxy) is 1. The third kappa shape index (κ3) is 3.49. The maximum atomic E-state index is 12.5. The first-order valence-corrected chi connectivity index (χ1v) is 5.19. The Morgan fingerprint density at radius 2 is 2.12 bits per heavy atom. The predicted octanol–water partition coefficient (Wildman–Crippen LogP) is 1.47. The van der Waals surface area contributed by atoms with Crippen LogP contribution >= 0.6 is 0 Å². The summed E-state index contributed by atoms with van der Waals surface area (Å²) in [7, 11) is 0. The molecule has 1 rings (SSSR count). The van der Waals surface area contributed by atoms with Crippen molar-refractivity contribution in [3.8, 4) is 5.75 Å². The summed E-state index contributed by atoms with van der Waals surface area (Å²) in [4.78, 5) is 16.6. The summed E-state index contributed by atoms with van der Waals surface area (Å²) in [6.45, 7) is 5.07. The second kappa shape index (κ2) is 6.05. The van der Waals surface area contributed by atoms with Crippen molar-refractivity contribution in [2.75, 3.05) is 19.7 Å². The lowest BCUT2D eigenvalue weighted by atomic mass is 10.4. The highest BCUT2D eigenvalue weighted by Gasteiger charge is 2.09. The van der Waals surface area contributed by atoms with Crippen molar-refractivity contribution in [2.45, 2.75) is 13.8 Å². The standard InChI is InChI=1S/C11H15FN2O2/c1-3-14(4-2)11(15)8-16-9-5-6-10(12)13-7-9/h5-7H,3-4,8H2,1-2H3. The number of hydrogen-bond donors (Lipinski definition) is 0. The zero-order chi connectivity index (χ0) is 12.0. The third-order valence-electron chi connectivity index (χ3n) is 2.18. The quantitative estimate of drug-likeness (QED) is 0.714. The Hall–Kier alpha value is -1.65. The van der Waals surface area contributed by atoms with Crippen LogP contribution < -0.4 is 4.74 Å². The number of pyridine rings is 1. The van der Waals surface area contributed by atoms with Crippen molar-refractivity contribution in [1.29, 1.82) is 0 Å². The van der Waals surface area contributed by atoms with Crippen molar-refractivity contribution in [2.24, 2.45) is 0 Å². The summed E-state index contributed by atoms with van der Waals surface area (Å²) >= 11 is 0. The van der Waals surface area contributed by atoms with Gasteiger partial charge in [0.2, 0.25) is 5.95 Å². The van der Waals surface area contributed by atoms with Gasteiger partial charge in [0, 0.05) is 13.1 Å². The molecule has 0 saturated carbocycles. The van der Waals surface area contributed by atoms with E-state index in [0.717, 1.165) is 0 Å². The number of carbonyl (C=O) groups excluding carboxylic acids is 1. The molecule has 0 unspecified atom stereocenters. The number of aromatic nitrogens is 1. The molecule has 5 heteroatoms. The Morgan fingerprint density at radius 1 is 1.44 bits per heavy atom. The number of carbonyl (C=O) groups is 1. The minimum atomic E-state index is -0.567. The molecule has 0 saturated heterocycles. The Morgan fingerprint density at radius 3 is 2.62 bits per heavy atom. The fourth-order valence-corrected chi connectivity index (χ4v) is 1.26. The molecule has 0 N–H and O–H groups in total. The lowest BCUT2D eigenvalue weighted by molar-refractivity contribution is -0.132. The van der Waals surface area contributed by atoms with Crippen molar-refractivity contribution < 1.29 is 13.9 Å². The molecular weight excluding hydrogens is 211 g/mol. The minimum Gasteiger partial charge on any atom is -0.482 e. The Kier molecular flexibility index (Phi) is 4.69. The van der Waals surface area contributed by atoms with Crippen LogP contribution in [0.25, 0.3) is 0 Å². The molecule has 0 aliphatic rings. The molecule has 0 atom stereocenters. The van der Waals surface area contributed by atoms with E-state index in [1.165, 1.54) is 18.3 Å². The van der Waals surface area contributed by atoms with Gasteiger partial charge in [-0.15, -0.1) is 0 Å². The molecule has 88 valence electrons. The lowest BCUT2D eigenvalue weighted by Crippen LogP contribution is -2.34. The van der Waals surface area contributed by atoms with Crippen molar-refractivity contribution in [1.82, 2.24) is 9.88 Å². The summed E-state index contributed by atoms with van der Waals surface area (Å²) < 4.78 is 17.7. The summed E-state index contributed by atoms with van der Waals surface area (Å²) in [6.07, 6.45) is 1.25. The maximum absolute atomic E-state index is 12.5. The predicted molar refractivity (Wildman–Crippen MR) is 57.6 cm³/mol.